The van der Waals surface area contributed by atoms with E-state index >= 15 is 0 Å². The summed E-state index contributed by atoms with van der Waals surface area (Å²) in [5.41, 5.74) is 2.77. The lowest BCUT2D eigenvalue weighted by Gasteiger charge is -2.19. The maximum Gasteiger partial charge on any atom is 0.336 e. The van der Waals surface area contributed by atoms with E-state index in [4.69, 9.17) is 14.6 Å². The molecule has 2 aliphatic carbocycles. The summed E-state index contributed by atoms with van der Waals surface area (Å²) in [7, 11) is 0. The Bertz CT molecular complexity index is 432. The van der Waals surface area contributed by atoms with Crippen molar-refractivity contribution < 1.29 is 19.4 Å². The topological polar surface area (TPSA) is 55.8 Å². The number of hydrogen-bond donors (Lipinski definition) is 1. The maximum absolute atomic E-state index is 11.1. The van der Waals surface area contributed by atoms with Gasteiger partial charge >= 0.3 is 5.97 Å². The molecule has 2 rings (SSSR count). The highest BCUT2D eigenvalue weighted by molar-refractivity contribution is 5.86. The third-order valence-corrected chi connectivity index (χ3v) is 4.21. The molecule has 22 heavy (non-hydrogen) atoms. The van der Waals surface area contributed by atoms with Crippen LogP contribution in [0.1, 0.15) is 51.4 Å². The summed E-state index contributed by atoms with van der Waals surface area (Å²) < 4.78 is 11.3. The molecule has 0 bridgehead atoms. The van der Waals surface area contributed by atoms with E-state index in [1.165, 1.54) is 24.0 Å². The Hall–Kier alpha value is -1.39. The molecule has 0 atom stereocenters. The lowest BCUT2D eigenvalue weighted by molar-refractivity contribution is -0.146. The number of aliphatic carboxylic acids is 1. The molecule has 122 valence electrons. The van der Waals surface area contributed by atoms with Crippen molar-refractivity contribution in [2.45, 2.75) is 57.7 Å². The van der Waals surface area contributed by atoms with Crippen LogP contribution in [0.25, 0.3) is 0 Å². The molecule has 0 aliphatic heterocycles. The van der Waals surface area contributed by atoms with Gasteiger partial charge in [-0.05, 0) is 51.4 Å². The molecule has 0 saturated heterocycles. The van der Waals surface area contributed by atoms with E-state index in [9.17, 15) is 4.79 Å². The van der Waals surface area contributed by atoms with Gasteiger partial charge in [-0.2, -0.15) is 0 Å². The summed E-state index contributed by atoms with van der Waals surface area (Å²) >= 11 is 0. The van der Waals surface area contributed by atoms with Crippen molar-refractivity contribution in [3.8, 4) is 0 Å². The number of allylic oxidation sites excluding steroid dienone is 2. The van der Waals surface area contributed by atoms with Crippen molar-refractivity contribution in [3.63, 3.8) is 0 Å². The van der Waals surface area contributed by atoms with E-state index in [0.29, 0.717) is 13.2 Å². The molecular weight excluding hydrogens is 280 g/mol. The quantitative estimate of drug-likeness (QED) is 0.377. The second-order valence-corrected chi connectivity index (χ2v) is 5.91. The Morgan fingerprint density at radius 2 is 1.59 bits per heavy atom. The van der Waals surface area contributed by atoms with E-state index in [0.717, 1.165) is 38.5 Å². The number of rotatable bonds is 10. The van der Waals surface area contributed by atoms with Gasteiger partial charge in [0.25, 0.3) is 0 Å². The minimum atomic E-state index is -1.06. The van der Waals surface area contributed by atoms with Crippen LogP contribution in [0.4, 0.5) is 0 Å². The van der Waals surface area contributed by atoms with E-state index in [-0.39, 0.29) is 5.57 Å². The molecule has 0 saturated carbocycles. The van der Waals surface area contributed by atoms with Crippen LogP contribution in [0, 0.1) is 0 Å². The summed E-state index contributed by atoms with van der Waals surface area (Å²) in [6, 6.07) is 0. The first kappa shape index (κ1) is 17.0. The van der Waals surface area contributed by atoms with Crippen molar-refractivity contribution in [2.24, 2.45) is 0 Å². The fourth-order valence-electron chi connectivity index (χ4n) is 2.87. The predicted molar refractivity (Wildman–Crippen MR) is 85.6 cm³/mol. The third-order valence-electron chi connectivity index (χ3n) is 4.21. The Morgan fingerprint density at radius 3 is 1.95 bits per heavy atom. The minimum Gasteiger partial charge on any atom is -0.478 e. The van der Waals surface area contributed by atoms with E-state index in [2.05, 4.69) is 18.7 Å². The van der Waals surface area contributed by atoms with Gasteiger partial charge < -0.3 is 14.6 Å². The van der Waals surface area contributed by atoms with Gasteiger partial charge in [0.05, 0.1) is 18.8 Å². The van der Waals surface area contributed by atoms with Crippen LogP contribution in [0.2, 0.25) is 0 Å². The molecule has 0 radical (unpaired) electrons. The van der Waals surface area contributed by atoms with Gasteiger partial charge in [-0.15, -0.1) is 0 Å². The largest absolute Gasteiger partial charge is 0.478 e. The summed E-state index contributed by atoms with van der Waals surface area (Å²) in [6.07, 6.45) is 12.3. The highest BCUT2D eigenvalue weighted by Crippen LogP contribution is 2.22. The molecule has 2 aliphatic rings. The zero-order valence-electron chi connectivity index (χ0n) is 13.2. The standard InChI is InChI=1S/C18H26O4/c1-14(17(19)20)18(21-12-10-15-6-2-3-7-15)22-13-11-16-8-4-5-9-16/h6,8,18H,1-5,7,9-13H2,(H,19,20). The van der Waals surface area contributed by atoms with Gasteiger partial charge in [-0.25, -0.2) is 4.79 Å². The highest BCUT2D eigenvalue weighted by Gasteiger charge is 2.20. The van der Waals surface area contributed by atoms with E-state index in [1.807, 2.05) is 0 Å². The molecule has 0 aromatic rings. The van der Waals surface area contributed by atoms with Crippen LogP contribution in [0.3, 0.4) is 0 Å². The number of carboxylic acid groups (broad SMARTS) is 1. The Labute approximate surface area is 132 Å². The van der Waals surface area contributed by atoms with E-state index < -0.39 is 12.3 Å². The Kier molecular flexibility index (Phi) is 6.87. The van der Waals surface area contributed by atoms with Crippen LogP contribution in [0.5, 0.6) is 0 Å². The van der Waals surface area contributed by atoms with Gasteiger partial charge in [0.15, 0.2) is 6.29 Å². The molecule has 0 fully saturated rings. The van der Waals surface area contributed by atoms with Crippen LogP contribution < -0.4 is 0 Å². The molecule has 4 heteroatoms. The molecule has 0 aromatic carbocycles. The van der Waals surface area contributed by atoms with Gasteiger partial charge in [-0.1, -0.05) is 29.9 Å². The Morgan fingerprint density at radius 1 is 1.09 bits per heavy atom. The molecule has 4 nitrogen and oxygen atoms in total. The molecule has 0 heterocycles. The number of ether oxygens (including phenoxy) is 2. The van der Waals surface area contributed by atoms with Gasteiger partial charge in [0.2, 0.25) is 0 Å². The minimum absolute atomic E-state index is 0.0270. The SMILES string of the molecule is C=C(C(=O)O)C(OCCC1=CCCC1)OCCC1=CCCC1. The van der Waals surface area contributed by atoms with Crippen LogP contribution >= 0.6 is 0 Å². The first-order valence-corrected chi connectivity index (χ1v) is 8.18. The van der Waals surface area contributed by atoms with Crippen molar-refractivity contribution >= 4 is 5.97 Å². The first-order valence-electron chi connectivity index (χ1n) is 8.18. The first-order chi connectivity index (χ1) is 10.7. The van der Waals surface area contributed by atoms with Crippen molar-refractivity contribution in [1.29, 1.82) is 0 Å². The number of hydrogen-bond acceptors (Lipinski definition) is 3. The van der Waals surface area contributed by atoms with Gasteiger partial charge in [-0.3, -0.25) is 0 Å². The second-order valence-electron chi connectivity index (χ2n) is 5.91. The molecule has 0 amide bonds. The van der Waals surface area contributed by atoms with Crippen LogP contribution in [-0.4, -0.2) is 30.6 Å². The van der Waals surface area contributed by atoms with Gasteiger partial charge in [0.1, 0.15) is 0 Å². The van der Waals surface area contributed by atoms with Crippen molar-refractivity contribution in [2.75, 3.05) is 13.2 Å². The highest BCUT2D eigenvalue weighted by atomic mass is 16.7. The third kappa shape index (κ3) is 5.43. The molecule has 0 unspecified atom stereocenters. The Balaban J connectivity index is 1.74. The van der Waals surface area contributed by atoms with Crippen LogP contribution in [-0.2, 0) is 14.3 Å². The zero-order chi connectivity index (χ0) is 15.8. The average molecular weight is 306 g/mol. The average Bonchev–Trinajstić information content (AvgIpc) is 3.18. The summed E-state index contributed by atoms with van der Waals surface area (Å²) in [6.45, 7) is 4.53. The van der Waals surface area contributed by atoms with E-state index in [1.54, 1.807) is 0 Å². The van der Waals surface area contributed by atoms with Gasteiger partial charge in [0, 0.05) is 0 Å². The summed E-state index contributed by atoms with van der Waals surface area (Å²) in [4.78, 5) is 11.1. The lowest BCUT2D eigenvalue weighted by atomic mass is 10.2. The number of carbonyl (C=O) groups is 1. The summed E-state index contributed by atoms with van der Waals surface area (Å²) in [5, 5.41) is 9.09. The fraction of sp³-hybridized carbons (Fsp3) is 0.611. The van der Waals surface area contributed by atoms with Crippen molar-refractivity contribution in [3.05, 3.63) is 35.5 Å². The molecular formula is C18H26O4. The normalized spacial score (nSPS) is 17.7. The fourth-order valence-corrected chi connectivity index (χ4v) is 2.87. The summed E-state index contributed by atoms with van der Waals surface area (Å²) in [5.74, 6) is -1.06. The molecule has 0 spiro atoms. The molecule has 0 aromatic heterocycles. The van der Waals surface area contributed by atoms with Crippen LogP contribution in [0.15, 0.2) is 35.5 Å². The smallest absolute Gasteiger partial charge is 0.336 e. The monoisotopic (exact) mass is 306 g/mol. The number of carboxylic acids is 1. The maximum atomic E-state index is 11.1. The van der Waals surface area contributed by atoms with Crippen molar-refractivity contribution in [1.82, 2.24) is 0 Å². The predicted octanol–water partition coefficient (Wildman–Crippen LogP) is 3.99. The lowest BCUT2D eigenvalue weighted by Crippen LogP contribution is -2.25. The molecule has 1 N–H and O–H groups in total. The zero-order valence-corrected chi connectivity index (χ0v) is 13.2. The second kappa shape index (κ2) is 8.91.